The van der Waals surface area contributed by atoms with Gasteiger partial charge in [-0.05, 0) is 36.4 Å². The van der Waals surface area contributed by atoms with Crippen molar-refractivity contribution < 1.29 is 9.53 Å². The Labute approximate surface area is 153 Å². The number of nitrogens with one attached hydrogen (secondary N) is 2. The van der Waals surface area contributed by atoms with Gasteiger partial charge in [0.1, 0.15) is 23.6 Å². The minimum Gasteiger partial charge on any atom is -0.497 e. The Bertz CT molecular complexity index is 884. The van der Waals surface area contributed by atoms with Crippen LogP contribution in [0.15, 0.2) is 65.4 Å². The van der Waals surface area contributed by atoms with Crippen LogP contribution in [-0.2, 0) is 0 Å². The monoisotopic (exact) mass is 398 g/mol. The topological polar surface area (TPSA) is 76.1 Å². The molecule has 0 fully saturated rings. The van der Waals surface area contributed by atoms with Gasteiger partial charge in [0.25, 0.3) is 5.91 Å². The molecule has 2 N–H and O–H groups in total. The summed E-state index contributed by atoms with van der Waals surface area (Å²) in [5.41, 5.74) is 1.76. The molecule has 2 aromatic carbocycles. The van der Waals surface area contributed by atoms with Crippen molar-refractivity contribution in [3.8, 4) is 5.75 Å². The third-order valence-electron chi connectivity index (χ3n) is 3.34. The lowest BCUT2D eigenvalue weighted by molar-refractivity contribution is 0.102. The number of carbonyl (C=O) groups excluding carboxylic acids is 1. The second-order valence-electron chi connectivity index (χ2n) is 5.11. The van der Waals surface area contributed by atoms with Crippen LogP contribution in [0, 0.1) is 0 Å². The molecule has 0 aliphatic carbocycles. The molecule has 0 spiro atoms. The molecule has 0 atom stereocenters. The van der Waals surface area contributed by atoms with Crippen molar-refractivity contribution in [2.45, 2.75) is 0 Å². The van der Waals surface area contributed by atoms with Crippen molar-refractivity contribution in [3.63, 3.8) is 0 Å². The summed E-state index contributed by atoms with van der Waals surface area (Å²) in [6.07, 6.45) is 1.35. The van der Waals surface area contributed by atoms with Crippen molar-refractivity contribution in [2.24, 2.45) is 0 Å². The van der Waals surface area contributed by atoms with Gasteiger partial charge >= 0.3 is 0 Å². The van der Waals surface area contributed by atoms with Crippen molar-refractivity contribution in [1.29, 1.82) is 0 Å². The number of ether oxygens (including phenoxy) is 1. The van der Waals surface area contributed by atoms with E-state index in [1.54, 1.807) is 25.3 Å². The van der Waals surface area contributed by atoms with E-state index in [9.17, 15) is 4.79 Å². The van der Waals surface area contributed by atoms with E-state index in [1.807, 2.05) is 36.4 Å². The molecule has 1 heterocycles. The number of rotatable bonds is 5. The van der Waals surface area contributed by atoms with Crippen molar-refractivity contribution in [2.75, 3.05) is 17.7 Å². The molecule has 3 rings (SSSR count). The Kier molecular flexibility index (Phi) is 5.25. The highest BCUT2D eigenvalue weighted by Gasteiger charge is 2.09. The molecule has 126 valence electrons. The minimum atomic E-state index is -0.307. The summed E-state index contributed by atoms with van der Waals surface area (Å²) in [7, 11) is 1.61. The number of aromatic nitrogens is 2. The summed E-state index contributed by atoms with van der Waals surface area (Å²) in [4.78, 5) is 20.5. The summed E-state index contributed by atoms with van der Waals surface area (Å²) in [5.74, 6) is 0.940. The quantitative estimate of drug-likeness (QED) is 0.671. The van der Waals surface area contributed by atoms with E-state index in [2.05, 4.69) is 36.5 Å². The molecule has 0 unspecified atom stereocenters. The summed E-state index contributed by atoms with van der Waals surface area (Å²) >= 11 is 3.36. The number of hydrogen-bond donors (Lipinski definition) is 2. The Morgan fingerprint density at radius 2 is 1.84 bits per heavy atom. The van der Waals surface area contributed by atoms with Crippen LogP contribution in [0.3, 0.4) is 0 Å². The third kappa shape index (κ3) is 4.54. The van der Waals surface area contributed by atoms with E-state index in [4.69, 9.17) is 4.74 Å². The van der Waals surface area contributed by atoms with Gasteiger partial charge in [0.05, 0.1) is 7.11 Å². The van der Waals surface area contributed by atoms with Crippen LogP contribution in [-0.4, -0.2) is 23.0 Å². The molecule has 25 heavy (non-hydrogen) atoms. The van der Waals surface area contributed by atoms with E-state index >= 15 is 0 Å². The smallest absolute Gasteiger partial charge is 0.274 e. The Morgan fingerprint density at radius 3 is 2.60 bits per heavy atom. The average Bonchev–Trinajstić information content (AvgIpc) is 2.64. The Hall–Kier alpha value is -2.93. The standard InChI is InChI=1S/C18H15BrN4O2/c1-25-15-4-2-3-14(9-15)22-17-10-16(20-11-21-17)18(24)23-13-7-5-12(19)6-8-13/h2-11H,1H3,(H,23,24)(H,20,21,22). The van der Waals surface area contributed by atoms with Crippen molar-refractivity contribution in [1.82, 2.24) is 9.97 Å². The fourth-order valence-corrected chi connectivity index (χ4v) is 2.39. The SMILES string of the molecule is COc1cccc(Nc2cc(C(=O)Nc3ccc(Br)cc3)ncn2)c1. The molecule has 0 aliphatic rings. The summed E-state index contributed by atoms with van der Waals surface area (Å²) < 4.78 is 6.13. The molecule has 3 aromatic rings. The van der Waals surface area contributed by atoms with Gasteiger partial charge in [-0.3, -0.25) is 4.79 Å². The fraction of sp³-hybridized carbons (Fsp3) is 0.0556. The number of anilines is 3. The van der Waals surface area contributed by atoms with Crippen LogP contribution in [0.5, 0.6) is 5.75 Å². The first-order chi connectivity index (χ1) is 12.1. The van der Waals surface area contributed by atoms with Crippen LogP contribution in [0.2, 0.25) is 0 Å². The Morgan fingerprint density at radius 1 is 1.04 bits per heavy atom. The van der Waals surface area contributed by atoms with Crippen LogP contribution in [0.1, 0.15) is 10.5 Å². The number of amides is 1. The molecule has 7 heteroatoms. The molecule has 0 bridgehead atoms. The number of nitrogens with zero attached hydrogens (tertiary/aromatic N) is 2. The minimum absolute atomic E-state index is 0.267. The molecule has 0 aliphatic heterocycles. The maximum Gasteiger partial charge on any atom is 0.274 e. The van der Waals surface area contributed by atoms with Crippen LogP contribution in [0.25, 0.3) is 0 Å². The van der Waals surface area contributed by atoms with Gasteiger partial charge in [0, 0.05) is 28.0 Å². The maximum atomic E-state index is 12.3. The van der Waals surface area contributed by atoms with Gasteiger partial charge in [-0.2, -0.15) is 0 Å². The molecule has 0 saturated heterocycles. The van der Waals surface area contributed by atoms with Gasteiger partial charge < -0.3 is 15.4 Å². The van der Waals surface area contributed by atoms with E-state index in [-0.39, 0.29) is 11.6 Å². The summed E-state index contributed by atoms with van der Waals surface area (Å²) in [6, 6.07) is 16.3. The molecule has 0 saturated carbocycles. The molecular weight excluding hydrogens is 384 g/mol. The molecule has 1 aromatic heterocycles. The highest BCUT2D eigenvalue weighted by Crippen LogP contribution is 2.20. The zero-order valence-corrected chi connectivity index (χ0v) is 14.9. The first kappa shape index (κ1) is 16.9. The maximum absolute atomic E-state index is 12.3. The number of halogens is 1. The molecule has 6 nitrogen and oxygen atoms in total. The second kappa shape index (κ2) is 7.76. The predicted molar refractivity (Wildman–Crippen MR) is 100 cm³/mol. The number of benzene rings is 2. The lowest BCUT2D eigenvalue weighted by atomic mass is 10.3. The second-order valence-corrected chi connectivity index (χ2v) is 6.02. The summed E-state index contributed by atoms with van der Waals surface area (Å²) in [5, 5.41) is 5.92. The number of methoxy groups -OCH3 is 1. The predicted octanol–water partition coefficient (Wildman–Crippen LogP) is 4.24. The summed E-state index contributed by atoms with van der Waals surface area (Å²) in [6.45, 7) is 0. The molecule has 0 radical (unpaired) electrons. The average molecular weight is 399 g/mol. The highest BCUT2D eigenvalue weighted by molar-refractivity contribution is 9.10. The zero-order chi connectivity index (χ0) is 17.6. The first-order valence-electron chi connectivity index (χ1n) is 7.44. The first-order valence-corrected chi connectivity index (χ1v) is 8.23. The van der Waals surface area contributed by atoms with Crippen LogP contribution < -0.4 is 15.4 Å². The van der Waals surface area contributed by atoms with E-state index in [0.29, 0.717) is 11.5 Å². The van der Waals surface area contributed by atoms with Crippen LogP contribution in [0.4, 0.5) is 17.2 Å². The fourth-order valence-electron chi connectivity index (χ4n) is 2.13. The normalized spacial score (nSPS) is 10.2. The van der Waals surface area contributed by atoms with Gasteiger partial charge in [0.15, 0.2) is 0 Å². The van der Waals surface area contributed by atoms with E-state index in [0.717, 1.165) is 15.9 Å². The molecule has 1 amide bonds. The van der Waals surface area contributed by atoms with Gasteiger partial charge in [-0.25, -0.2) is 9.97 Å². The largest absolute Gasteiger partial charge is 0.497 e. The van der Waals surface area contributed by atoms with E-state index < -0.39 is 0 Å². The lowest BCUT2D eigenvalue weighted by Crippen LogP contribution is -2.14. The highest BCUT2D eigenvalue weighted by atomic mass is 79.9. The van der Waals surface area contributed by atoms with Crippen molar-refractivity contribution in [3.05, 3.63) is 71.1 Å². The van der Waals surface area contributed by atoms with Gasteiger partial charge in [-0.1, -0.05) is 22.0 Å². The van der Waals surface area contributed by atoms with Gasteiger partial charge in [-0.15, -0.1) is 0 Å². The van der Waals surface area contributed by atoms with E-state index in [1.165, 1.54) is 6.33 Å². The Balaban J connectivity index is 1.74. The lowest BCUT2D eigenvalue weighted by Gasteiger charge is -2.09. The van der Waals surface area contributed by atoms with Gasteiger partial charge in [0.2, 0.25) is 0 Å². The molecular formula is C18H15BrN4O2. The van der Waals surface area contributed by atoms with Crippen LogP contribution >= 0.6 is 15.9 Å². The zero-order valence-electron chi connectivity index (χ0n) is 13.4. The third-order valence-corrected chi connectivity index (χ3v) is 3.87. The van der Waals surface area contributed by atoms with Crippen molar-refractivity contribution >= 4 is 39.0 Å². The number of hydrogen-bond acceptors (Lipinski definition) is 5. The number of carbonyl (C=O) groups is 1.